The summed E-state index contributed by atoms with van der Waals surface area (Å²) in [6.45, 7) is 4.88. The molecule has 0 saturated carbocycles. The fourth-order valence-corrected chi connectivity index (χ4v) is 4.33. The maximum absolute atomic E-state index is 12.2. The molecule has 0 saturated heterocycles. The van der Waals surface area contributed by atoms with E-state index in [1.165, 1.54) is 9.75 Å². The van der Waals surface area contributed by atoms with Crippen LogP contribution in [0.2, 0.25) is 0 Å². The van der Waals surface area contributed by atoms with E-state index in [2.05, 4.69) is 41.6 Å². The molecule has 25 heavy (non-hydrogen) atoms. The number of aryl methyl sites for hydroxylation is 1. The summed E-state index contributed by atoms with van der Waals surface area (Å²) < 4.78 is 12.2. The lowest BCUT2D eigenvalue weighted by Crippen LogP contribution is -2.44. The predicted octanol–water partition coefficient (Wildman–Crippen LogP) is 3.58. The molecule has 4 nitrogen and oxygen atoms in total. The van der Waals surface area contributed by atoms with Crippen LogP contribution in [0.5, 0.6) is 0 Å². The van der Waals surface area contributed by atoms with Crippen LogP contribution in [0.4, 0.5) is 0 Å². The molecule has 0 aliphatic rings. The molecule has 1 aromatic carbocycles. The van der Waals surface area contributed by atoms with Crippen molar-refractivity contribution in [3.8, 4) is 0 Å². The van der Waals surface area contributed by atoms with Gasteiger partial charge in [-0.15, -0.1) is 35.3 Å². The highest BCUT2D eigenvalue weighted by Gasteiger charge is 2.08. The van der Waals surface area contributed by atoms with Crippen molar-refractivity contribution < 1.29 is 4.21 Å². The third kappa shape index (κ3) is 7.87. The molecule has 0 bridgehead atoms. The first-order valence-electron chi connectivity index (χ1n) is 8.04. The molecule has 0 spiro atoms. The number of guanidine groups is 1. The zero-order chi connectivity index (χ0) is 17.4. The molecular formula is C18H26IN3OS2. The summed E-state index contributed by atoms with van der Waals surface area (Å²) in [6.07, 6.45) is 0.967. The van der Waals surface area contributed by atoms with Crippen molar-refractivity contribution in [1.82, 2.24) is 10.6 Å². The molecule has 2 atom stereocenters. The highest BCUT2D eigenvalue weighted by molar-refractivity contribution is 14.0. The Balaban J connectivity index is 0.00000312. The maximum Gasteiger partial charge on any atom is 0.191 e. The fraction of sp³-hybridized carbons (Fsp3) is 0.389. The molecule has 7 heteroatoms. The third-order valence-corrected chi connectivity index (χ3v) is 5.89. The van der Waals surface area contributed by atoms with Crippen LogP contribution >= 0.6 is 35.3 Å². The quantitative estimate of drug-likeness (QED) is 0.354. The van der Waals surface area contributed by atoms with Crippen LogP contribution in [0.1, 0.15) is 16.7 Å². The molecular weight excluding hydrogens is 465 g/mol. The Kier molecular flexibility index (Phi) is 10.3. The van der Waals surface area contributed by atoms with Gasteiger partial charge in [-0.25, -0.2) is 0 Å². The highest BCUT2D eigenvalue weighted by atomic mass is 127. The van der Waals surface area contributed by atoms with Gasteiger partial charge >= 0.3 is 0 Å². The number of hydrogen-bond donors (Lipinski definition) is 2. The van der Waals surface area contributed by atoms with E-state index < -0.39 is 10.8 Å². The Hall–Kier alpha value is -0.930. The first-order chi connectivity index (χ1) is 11.6. The number of nitrogens with one attached hydrogen (secondary N) is 2. The first kappa shape index (κ1) is 22.1. The van der Waals surface area contributed by atoms with E-state index in [4.69, 9.17) is 0 Å². The molecule has 0 aliphatic carbocycles. The van der Waals surface area contributed by atoms with Crippen molar-refractivity contribution in [3.63, 3.8) is 0 Å². The van der Waals surface area contributed by atoms with Crippen LogP contribution in [0.3, 0.4) is 0 Å². The smallest absolute Gasteiger partial charge is 0.191 e. The summed E-state index contributed by atoms with van der Waals surface area (Å²) in [5.41, 5.74) is 0. The minimum Gasteiger partial charge on any atom is -0.355 e. The normalized spacial score (nSPS) is 13.6. The Labute approximate surface area is 174 Å². The van der Waals surface area contributed by atoms with E-state index in [1.54, 1.807) is 7.05 Å². The highest BCUT2D eigenvalue weighted by Crippen LogP contribution is 2.16. The molecule has 2 aromatic rings. The third-order valence-electron chi connectivity index (χ3n) is 3.50. The fourth-order valence-electron chi connectivity index (χ4n) is 2.33. The number of halogens is 1. The average Bonchev–Trinajstić information content (AvgIpc) is 2.99. The van der Waals surface area contributed by atoms with Crippen molar-refractivity contribution >= 4 is 52.1 Å². The van der Waals surface area contributed by atoms with E-state index in [9.17, 15) is 4.21 Å². The Morgan fingerprint density at radius 1 is 1.24 bits per heavy atom. The number of nitrogens with zero attached hydrogens (tertiary/aromatic N) is 1. The lowest BCUT2D eigenvalue weighted by molar-refractivity contribution is 0.647. The van der Waals surface area contributed by atoms with Gasteiger partial charge in [-0.1, -0.05) is 18.2 Å². The SMILES string of the molecule is CN=C(NCCS(=O)c1ccccc1)NC(C)Cc1ccc(C)s1.I. The summed E-state index contributed by atoms with van der Waals surface area (Å²) in [7, 11) is 0.769. The second-order valence-electron chi connectivity index (χ2n) is 5.62. The Morgan fingerprint density at radius 2 is 1.96 bits per heavy atom. The zero-order valence-electron chi connectivity index (χ0n) is 14.8. The molecule has 0 amide bonds. The van der Waals surface area contributed by atoms with E-state index in [-0.39, 0.29) is 30.0 Å². The van der Waals surface area contributed by atoms with Gasteiger partial charge in [0.05, 0.1) is 10.8 Å². The number of hydrogen-bond acceptors (Lipinski definition) is 3. The van der Waals surface area contributed by atoms with Crippen LogP contribution in [-0.2, 0) is 17.2 Å². The molecule has 2 unspecified atom stereocenters. The van der Waals surface area contributed by atoms with Crippen LogP contribution < -0.4 is 10.6 Å². The van der Waals surface area contributed by atoms with Gasteiger partial charge in [0.15, 0.2) is 5.96 Å². The summed E-state index contributed by atoms with van der Waals surface area (Å²) in [4.78, 5) is 7.81. The van der Waals surface area contributed by atoms with Gasteiger partial charge in [-0.05, 0) is 38.1 Å². The van der Waals surface area contributed by atoms with Gasteiger partial charge in [0, 0.05) is 46.5 Å². The number of aliphatic imine (C=N–C) groups is 1. The Bertz CT molecular complexity index is 689. The van der Waals surface area contributed by atoms with Crippen molar-refractivity contribution in [2.45, 2.75) is 31.2 Å². The summed E-state index contributed by atoms with van der Waals surface area (Å²) >= 11 is 1.83. The largest absolute Gasteiger partial charge is 0.355 e. The van der Waals surface area contributed by atoms with E-state index in [0.717, 1.165) is 17.3 Å². The zero-order valence-corrected chi connectivity index (χ0v) is 18.8. The van der Waals surface area contributed by atoms with Gasteiger partial charge < -0.3 is 10.6 Å². The second-order valence-corrected chi connectivity index (χ2v) is 8.57. The van der Waals surface area contributed by atoms with E-state index in [0.29, 0.717) is 12.3 Å². The van der Waals surface area contributed by atoms with Crippen LogP contribution in [0.25, 0.3) is 0 Å². The van der Waals surface area contributed by atoms with Gasteiger partial charge in [0.2, 0.25) is 0 Å². The van der Waals surface area contributed by atoms with Crippen LogP contribution in [0, 0.1) is 6.92 Å². The van der Waals surface area contributed by atoms with Gasteiger partial charge in [-0.3, -0.25) is 9.20 Å². The standard InChI is InChI=1S/C18H25N3OS2.HI/c1-14(13-16-10-9-15(2)23-16)21-18(19-3)20-11-12-24(22)17-7-5-4-6-8-17;/h4-10,14H,11-13H2,1-3H3,(H2,19,20,21);1H. The van der Waals surface area contributed by atoms with Gasteiger partial charge in [0.25, 0.3) is 0 Å². The van der Waals surface area contributed by atoms with E-state index in [1.807, 2.05) is 41.7 Å². The number of thiophene rings is 1. The first-order valence-corrected chi connectivity index (χ1v) is 10.2. The van der Waals surface area contributed by atoms with Crippen molar-refractivity contribution in [2.24, 2.45) is 4.99 Å². The maximum atomic E-state index is 12.2. The van der Waals surface area contributed by atoms with Crippen LogP contribution in [0.15, 0.2) is 52.4 Å². The summed E-state index contributed by atoms with van der Waals surface area (Å²) in [5, 5.41) is 6.63. The van der Waals surface area contributed by atoms with Crippen molar-refractivity contribution in [1.29, 1.82) is 0 Å². The minimum atomic E-state index is -0.987. The van der Waals surface area contributed by atoms with Gasteiger partial charge in [0.1, 0.15) is 0 Å². The average molecular weight is 491 g/mol. The topological polar surface area (TPSA) is 53.5 Å². The molecule has 2 rings (SSSR count). The van der Waals surface area contributed by atoms with Crippen molar-refractivity contribution in [3.05, 3.63) is 52.2 Å². The monoisotopic (exact) mass is 491 g/mol. The number of rotatable bonds is 7. The van der Waals surface area contributed by atoms with Crippen molar-refractivity contribution in [2.75, 3.05) is 19.3 Å². The molecule has 1 heterocycles. The molecule has 138 valence electrons. The lowest BCUT2D eigenvalue weighted by Gasteiger charge is -2.17. The molecule has 0 fully saturated rings. The van der Waals surface area contributed by atoms with Gasteiger partial charge in [-0.2, -0.15) is 0 Å². The Morgan fingerprint density at radius 3 is 2.56 bits per heavy atom. The molecule has 0 radical (unpaired) electrons. The number of benzene rings is 1. The lowest BCUT2D eigenvalue weighted by atomic mass is 10.2. The van der Waals surface area contributed by atoms with E-state index >= 15 is 0 Å². The minimum absolute atomic E-state index is 0. The summed E-state index contributed by atoms with van der Waals surface area (Å²) in [5.74, 6) is 1.31. The molecule has 2 N–H and O–H groups in total. The molecule has 0 aliphatic heterocycles. The summed E-state index contributed by atoms with van der Waals surface area (Å²) in [6, 6.07) is 14.2. The second kappa shape index (κ2) is 11.6. The predicted molar refractivity (Wildman–Crippen MR) is 120 cm³/mol. The van der Waals surface area contributed by atoms with Crippen LogP contribution in [-0.4, -0.2) is 35.6 Å². The molecule has 1 aromatic heterocycles.